The smallest absolute Gasteiger partial charge is 0.107 e. The van der Waals surface area contributed by atoms with Crippen molar-refractivity contribution in [2.24, 2.45) is 0 Å². The van der Waals surface area contributed by atoms with Crippen molar-refractivity contribution in [1.29, 1.82) is 0 Å². The molecule has 86 valence electrons. The minimum absolute atomic E-state index is 0.522. The fourth-order valence-electron chi connectivity index (χ4n) is 1.41. The first-order valence-electron chi connectivity index (χ1n) is 5.27. The van der Waals surface area contributed by atoms with Crippen LogP contribution in [0.5, 0.6) is 0 Å². The third-order valence-corrected chi connectivity index (χ3v) is 3.74. The number of aryl methyl sites for hydroxylation is 2. The maximum absolute atomic E-state index is 5.78. The normalized spacial score (nSPS) is 11.7. The molecule has 0 saturated carbocycles. The van der Waals surface area contributed by atoms with Crippen molar-refractivity contribution in [3.05, 3.63) is 15.6 Å². The van der Waals surface area contributed by atoms with Crippen LogP contribution in [0.1, 0.15) is 29.4 Å². The molecule has 0 N–H and O–H groups in total. The highest BCUT2D eigenvalue weighted by Crippen LogP contribution is 2.18. The number of rotatable bonds is 5. The van der Waals surface area contributed by atoms with E-state index >= 15 is 0 Å². The van der Waals surface area contributed by atoms with Crippen molar-refractivity contribution < 1.29 is 0 Å². The summed E-state index contributed by atoms with van der Waals surface area (Å²) in [7, 11) is 0. The zero-order valence-corrected chi connectivity index (χ0v) is 11.5. The van der Waals surface area contributed by atoms with E-state index in [2.05, 4.69) is 37.6 Å². The number of thiazole rings is 1. The minimum Gasteiger partial charge on any atom is -0.293 e. The molecule has 15 heavy (non-hydrogen) atoms. The maximum atomic E-state index is 5.78. The van der Waals surface area contributed by atoms with E-state index in [-0.39, 0.29) is 0 Å². The average molecular weight is 247 g/mol. The van der Waals surface area contributed by atoms with Gasteiger partial charge in [-0.15, -0.1) is 22.9 Å². The molecule has 1 heterocycles. The Labute approximate surface area is 101 Å². The Morgan fingerprint density at radius 2 is 2.07 bits per heavy atom. The van der Waals surface area contributed by atoms with E-state index in [1.165, 1.54) is 9.88 Å². The fourth-order valence-corrected chi connectivity index (χ4v) is 2.59. The maximum Gasteiger partial charge on any atom is 0.107 e. The molecule has 4 heteroatoms. The molecule has 0 aliphatic carbocycles. The van der Waals surface area contributed by atoms with Gasteiger partial charge < -0.3 is 0 Å². The lowest BCUT2D eigenvalue weighted by Crippen LogP contribution is -2.32. The van der Waals surface area contributed by atoms with Gasteiger partial charge in [0.2, 0.25) is 0 Å². The molecule has 0 aliphatic rings. The second kappa shape index (κ2) is 5.83. The van der Waals surface area contributed by atoms with Crippen molar-refractivity contribution in [3.63, 3.8) is 0 Å². The molecule has 1 aromatic heterocycles. The number of aromatic nitrogens is 1. The number of hydrogen-bond acceptors (Lipinski definition) is 3. The first-order chi connectivity index (χ1) is 7.04. The number of alkyl halides is 1. The van der Waals surface area contributed by atoms with Gasteiger partial charge in [-0.1, -0.05) is 0 Å². The molecule has 0 aliphatic heterocycles. The molecule has 0 aromatic carbocycles. The van der Waals surface area contributed by atoms with Gasteiger partial charge in [0, 0.05) is 23.3 Å². The van der Waals surface area contributed by atoms with Crippen molar-refractivity contribution in [2.45, 2.75) is 40.3 Å². The Morgan fingerprint density at radius 1 is 1.40 bits per heavy atom. The summed E-state index contributed by atoms with van der Waals surface area (Å²) in [6.45, 7) is 10.4. The second-order valence-electron chi connectivity index (χ2n) is 4.00. The van der Waals surface area contributed by atoms with E-state index in [9.17, 15) is 0 Å². The third kappa shape index (κ3) is 3.74. The van der Waals surface area contributed by atoms with E-state index in [0.717, 1.165) is 18.8 Å². The quantitative estimate of drug-likeness (QED) is 0.742. The van der Waals surface area contributed by atoms with Gasteiger partial charge in [0.25, 0.3) is 0 Å². The summed E-state index contributed by atoms with van der Waals surface area (Å²) < 4.78 is 0. The predicted molar refractivity (Wildman–Crippen MR) is 67.9 cm³/mol. The molecule has 2 nitrogen and oxygen atoms in total. The Bertz CT molecular complexity index is 290. The van der Waals surface area contributed by atoms with Gasteiger partial charge in [0.15, 0.2) is 0 Å². The summed E-state index contributed by atoms with van der Waals surface area (Å²) in [5.41, 5.74) is 1.16. The molecule has 0 spiro atoms. The van der Waals surface area contributed by atoms with Gasteiger partial charge in [-0.2, -0.15) is 0 Å². The molecule has 0 amide bonds. The van der Waals surface area contributed by atoms with Gasteiger partial charge in [-0.05, 0) is 27.7 Å². The standard InChI is InChI=1S/C11H19ClN2S/c1-8(2)14(6-5-12)7-11-13-9(3)10(4)15-11/h8H,5-7H2,1-4H3. The topological polar surface area (TPSA) is 16.1 Å². The van der Waals surface area contributed by atoms with Crippen LogP contribution in [0, 0.1) is 13.8 Å². The summed E-state index contributed by atoms with van der Waals surface area (Å²) in [5.74, 6) is 0.682. The van der Waals surface area contributed by atoms with Crippen molar-refractivity contribution in [2.75, 3.05) is 12.4 Å². The molecule has 0 radical (unpaired) electrons. The minimum atomic E-state index is 0.522. The molecule has 0 bridgehead atoms. The van der Waals surface area contributed by atoms with E-state index < -0.39 is 0 Å². The average Bonchev–Trinajstić information content (AvgIpc) is 2.45. The van der Waals surface area contributed by atoms with Crippen LogP contribution >= 0.6 is 22.9 Å². The zero-order chi connectivity index (χ0) is 11.4. The van der Waals surface area contributed by atoms with Crippen LogP contribution < -0.4 is 0 Å². The van der Waals surface area contributed by atoms with Crippen molar-refractivity contribution >= 4 is 22.9 Å². The fraction of sp³-hybridized carbons (Fsp3) is 0.727. The molecule has 0 saturated heterocycles. The molecule has 1 rings (SSSR count). The van der Waals surface area contributed by atoms with Crippen LogP contribution in [-0.4, -0.2) is 28.4 Å². The highest BCUT2D eigenvalue weighted by Gasteiger charge is 2.12. The van der Waals surface area contributed by atoms with Gasteiger partial charge in [-0.3, -0.25) is 4.90 Å². The van der Waals surface area contributed by atoms with Crippen LogP contribution in [0.25, 0.3) is 0 Å². The largest absolute Gasteiger partial charge is 0.293 e. The molecule has 0 fully saturated rings. The summed E-state index contributed by atoms with van der Waals surface area (Å²) in [6.07, 6.45) is 0. The Balaban J connectivity index is 2.65. The first kappa shape index (κ1) is 12.9. The van der Waals surface area contributed by atoms with Crippen LogP contribution in [0.15, 0.2) is 0 Å². The van der Waals surface area contributed by atoms with Crippen LogP contribution in [0.4, 0.5) is 0 Å². The van der Waals surface area contributed by atoms with Crippen molar-refractivity contribution in [3.8, 4) is 0 Å². The highest BCUT2D eigenvalue weighted by molar-refractivity contribution is 7.11. The first-order valence-corrected chi connectivity index (χ1v) is 6.62. The van der Waals surface area contributed by atoms with Gasteiger partial charge >= 0.3 is 0 Å². The molecule has 0 atom stereocenters. The lowest BCUT2D eigenvalue weighted by Gasteiger charge is -2.24. The van der Waals surface area contributed by atoms with Crippen LogP contribution in [-0.2, 0) is 6.54 Å². The number of nitrogens with zero attached hydrogens (tertiary/aromatic N) is 2. The van der Waals surface area contributed by atoms with E-state index in [4.69, 9.17) is 11.6 Å². The number of hydrogen-bond donors (Lipinski definition) is 0. The van der Waals surface area contributed by atoms with E-state index in [1.807, 2.05) is 0 Å². The third-order valence-electron chi connectivity index (χ3n) is 2.51. The Morgan fingerprint density at radius 3 is 2.47 bits per heavy atom. The molecule has 0 unspecified atom stereocenters. The van der Waals surface area contributed by atoms with Crippen LogP contribution in [0.3, 0.4) is 0 Å². The zero-order valence-electron chi connectivity index (χ0n) is 9.88. The van der Waals surface area contributed by atoms with Gasteiger partial charge in [0.1, 0.15) is 5.01 Å². The Kier molecular flexibility index (Phi) is 5.03. The van der Waals surface area contributed by atoms with Gasteiger partial charge in [-0.25, -0.2) is 4.98 Å². The number of halogens is 1. The van der Waals surface area contributed by atoms with Gasteiger partial charge in [0.05, 0.1) is 12.2 Å². The SMILES string of the molecule is Cc1nc(CN(CCCl)C(C)C)sc1C. The summed E-state index contributed by atoms with van der Waals surface area (Å²) in [6, 6.07) is 0.522. The predicted octanol–water partition coefficient (Wildman–Crippen LogP) is 3.21. The summed E-state index contributed by atoms with van der Waals surface area (Å²) in [4.78, 5) is 8.22. The highest BCUT2D eigenvalue weighted by atomic mass is 35.5. The van der Waals surface area contributed by atoms with E-state index in [1.54, 1.807) is 11.3 Å². The lowest BCUT2D eigenvalue weighted by atomic mass is 10.3. The van der Waals surface area contributed by atoms with Crippen LogP contribution in [0.2, 0.25) is 0 Å². The van der Waals surface area contributed by atoms with E-state index in [0.29, 0.717) is 11.9 Å². The monoisotopic (exact) mass is 246 g/mol. The summed E-state index contributed by atoms with van der Waals surface area (Å²) >= 11 is 7.57. The Hall–Kier alpha value is -0.120. The lowest BCUT2D eigenvalue weighted by molar-refractivity contribution is 0.226. The molecular formula is C11H19ClN2S. The summed E-state index contributed by atoms with van der Waals surface area (Å²) in [5, 5.41) is 1.20. The van der Waals surface area contributed by atoms with Crippen molar-refractivity contribution in [1.82, 2.24) is 9.88 Å². The second-order valence-corrected chi connectivity index (χ2v) is 5.67. The molecule has 1 aromatic rings. The molecular weight excluding hydrogens is 228 g/mol.